The Labute approximate surface area is 83.1 Å². The molecule has 2 nitrogen and oxygen atoms in total. The zero-order valence-electron chi connectivity index (χ0n) is 9.60. The lowest BCUT2D eigenvalue weighted by Crippen LogP contribution is -2.32. The SMILES string of the molecule is CC[C@@H](C)[C@H](C)NCCCCOC. The van der Waals surface area contributed by atoms with Gasteiger partial charge in [-0.05, 0) is 32.2 Å². The van der Waals surface area contributed by atoms with Crippen molar-refractivity contribution in [1.82, 2.24) is 5.32 Å². The molecule has 0 bridgehead atoms. The van der Waals surface area contributed by atoms with Crippen molar-refractivity contribution in [2.24, 2.45) is 5.92 Å². The Bertz CT molecular complexity index is 106. The lowest BCUT2D eigenvalue weighted by Gasteiger charge is -2.19. The van der Waals surface area contributed by atoms with Crippen molar-refractivity contribution in [3.05, 3.63) is 0 Å². The van der Waals surface area contributed by atoms with Crippen molar-refractivity contribution < 1.29 is 4.74 Å². The molecule has 0 aliphatic rings. The third kappa shape index (κ3) is 7.03. The molecule has 0 amide bonds. The quantitative estimate of drug-likeness (QED) is 0.589. The van der Waals surface area contributed by atoms with Gasteiger partial charge in [-0.15, -0.1) is 0 Å². The molecule has 0 aromatic heterocycles. The number of hydrogen-bond donors (Lipinski definition) is 1. The zero-order valence-corrected chi connectivity index (χ0v) is 9.60. The molecular weight excluding hydrogens is 162 g/mol. The lowest BCUT2D eigenvalue weighted by molar-refractivity contribution is 0.192. The molecule has 0 aliphatic carbocycles. The van der Waals surface area contributed by atoms with E-state index >= 15 is 0 Å². The van der Waals surface area contributed by atoms with Gasteiger partial charge < -0.3 is 10.1 Å². The van der Waals surface area contributed by atoms with Gasteiger partial charge in [-0.25, -0.2) is 0 Å². The molecule has 0 rings (SSSR count). The minimum Gasteiger partial charge on any atom is -0.385 e. The average molecular weight is 187 g/mol. The summed E-state index contributed by atoms with van der Waals surface area (Å²) in [6, 6.07) is 0.646. The molecule has 2 heteroatoms. The molecule has 0 radical (unpaired) electrons. The number of rotatable bonds is 8. The van der Waals surface area contributed by atoms with Crippen molar-refractivity contribution in [1.29, 1.82) is 0 Å². The summed E-state index contributed by atoms with van der Waals surface area (Å²) in [5, 5.41) is 3.54. The highest BCUT2D eigenvalue weighted by molar-refractivity contribution is 4.66. The molecule has 2 atom stereocenters. The normalized spacial score (nSPS) is 15.7. The van der Waals surface area contributed by atoms with Crippen LogP contribution in [0, 0.1) is 5.92 Å². The molecule has 0 unspecified atom stereocenters. The molecule has 0 aromatic carbocycles. The second-order valence-corrected chi connectivity index (χ2v) is 3.83. The van der Waals surface area contributed by atoms with Gasteiger partial charge in [0, 0.05) is 19.8 Å². The molecule has 0 spiro atoms. The maximum absolute atomic E-state index is 4.99. The first-order chi connectivity index (χ1) is 6.22. The van der Waals surface area contributed by atoms with Crippen LogP contribution in [0.15, 0.2) is 0 Å². The summed E-state index contributed by atoms with van der Waals surface area (Å²) in [7, 11) is 1.76. The third-order valence-corrected chi connectivity index (χ3v) is 2.74. The summed E-state index contributed by atoms with van der Waals surface area (Å²) in [6.07, 6.45) is 3.64. The molecule has 1 N–H and O–H groups in total. The van der Waals surface area contributed by atoms with Crippen molar-refractivity contribution in [3.63, 3.8) is 0 Å². The van der Waals surface area contributed by atoms with Gasteiger partial charge in [0.2, 0.25) is 0 Å². The topological polar surface area (TPSA) is 21.3 Å². The summed E-state index contributed by atoms with van der Waals surface area (Å²) >= 11 is 0. The fraction of sp³-hybridized carbons (Fsp3) is 1.00. The Morgan fingerprint density at radius 1 is 1.23 bits per heavy atom. The van der Waals surface area contributed by atoms with E-state index in [1.54, 1.807) is 7.11 Å². The predicted molar refractivity (Wildman–Crippen MR) is 58.0 cm³/mol. The highest BCUT2D eigenvalue weighted by atomic mass is 16.5. The molecule has 0 aromatic rings. The minimum atomic E-state index is 0.646. The number of nitrogens with one attached hydrogen (secondary N) is 1. The summed E-state index contributed by atoms with van der Waals surface area (Å²) < 4.78 is 4.99. The van der Waals surface area contributed by atoms with E-state index in [0.29, 0.717) is 6.04 Å². The van der Waals surface area contributed by atoms with E-state index in [1.165, 1.54) is 12.8 Å². The van der Waals surface area contributed by atoms with Gasteiger partial charge in [0.1, 0.15) is 0 Å². The molecule has 0 saturated carbocycles. The molecule has 0 aliphatic heterocycles. The van der Waals surface area contributed by atoms with Gasteiger partial charge in [0.05, 0.1) is 0 Å². The van der Waals surface area contributed by atoms with Crippen LogP contribution in [0.3, 0.4) is 0 Å². The highest BCUT2D eigenvalue weighted by Crippen LogP contribution is 2.06. The zero-order chi connectivity index (χ0) is 10.1. The monoisotopic (exact) mass is 187 g/mol. The van der Waals surface area contributed by atoms with Crippen molar-refractivity contribution >= 4 is 0 Å². The number of unbranched alkanes of at least 4 members (excludes halogenated alkanes) is 1. The molecule has 0 saturated heterocycles. The summed E-state index contributed by atoms with van der Waals surface area (Å²) in [5.41, 5.74) is 0. The fourth-order valence-electron chi connectivity index (χ4n) is 1.26. The summed E-state index contributed by atoms with van der Waals surface area (Å²) in [6.45, 7) is 8.82. The van der Waals surface area contributed by atoms with E-state index in [1.807, 2.05) is 0 Å². The van der Waals surface area contributed by atoms with Gasteiger partial charge in [-0.1, -0.05) is 20.3 Å². The van der Waals surface area contributed by atoms with E-state index in [9.17, 15) is 0 Å². The second kappa shape index (κ2) is 8.52. The smallest absolute Gasteiger partial charge is 0.0462 e. The Balaban J connectivity index is 3.21. The Morgan fingerprint density at radius 3 is 2.46 bits per heavy atom. The molecule has 80 valence electrons. The Hall–Kier alpha value is -0.0800. The standard InChI is InChI=1S/C11H25NO/c1-5-10(2)11(3)12-8-6-7-9-13-4/h10-12H,5-9H2,1-4H3/t10-,11+/m1/s1. The first-order valence-corrected chi connectivity index (χ1v) is 5.44. The molecule has 0 heterocycles. The van der Waals surface area contributed by atoms with Crippen molar-refractivity contribution in [2.45, 2.75) is 46.1 Å². The van der Waals surface area contributed by atoms with Crippen LogP contribution in [0.2, 0.25) is 0 Å². The first kappa shape index (κ1) is 12.9. The minimum absolute atomic E-state index is 0.646. The van der Waals surface area contributed by atoms with Crippen molar-refractivity contribution in [2.75, 3.05) is 20.3 Å². The van der Waals surface area contributed by atoms with Gasteiger partial charge in [-0.3, -0.25) is 0 Å². The number of methoxy groups -OCH3 is 1. The number of ether oxygens (including phenoxy) is 1. The van der Waals surface area contributed by atoms with Crippen molar-refractivity contribution in [3.8, 4) is 0 Å². The predicted octanol–water partition coefficient (Wildman–Crippen LogP) is 2.44. The largest absolute Gasteiger partial charge is 0.385 e. The van der Waals surface area contributed by atoms with Gasteiger partial charge in [-0.2, -0.15) is 0 Å². The maximum Gasteiger partial charge on any atom is 0.0462 e. The van der Waals surface area contributed by atoms with Crippen LogP contribution < -0.4 is 5.32 Å². The van der Waals surface area contributed by atoms with Crippen LogP contribution in [0.4, 0.5) is 0 Å². The Kier molecular flexibility index (Phi) is 8.46. The summed E-state index contributed by atoms with van der Waals surface area (Å²) in [4.78, 5) is 0. The van der Waals surface area contributed by atoms with Crippen LogP contribution >= 0.6 is 0 Å². The molecule has 0 fully saturated rings. The summed E-state index contributed by atoms with van der Waals surface area (Å²) in [5.74, 6) is 0.780. The first-order valence-electron chi connectivity index (χ1n) is 5.44. The lowest BCUT2D eigenvalue weighted by atomic mass is 10.0. The van der Waals surface area contributed by atoms with E-state index in [2.05, 4.69) is 26.1 Å². The average Bonchev–Trinajstić information content (AvgIpc) is 2.16. The molecule has 13 heavy (non-hydrogen) atoms. The van der Waals surface area contributed by atoms with Gasteiger partial charge >= 0.3 is 0 Å². The van der Waals surface area contributed by atoms with Crippen LogP contribution in [-0.4, -0.2) is 26.3 Å². The van der Waals surface area contributed by atoms with E-state index in [4.69, 9.17) is 4.74 Å². The van der Waals surface area contributed by atoms with Crippen LogP contribution in [0.5, 0.6) is 0 Å². The van der Waals surface area contributed by atoms with E-state index < -0.39 is 0 Å². The van der Waals surface area contributed by atoms with Gasteiger partial charge in [0.15, 0.2) is 0 Å². The Morgan fingerprint density at radius 2 is 1.92 bits per heavy atom. The third-order valence-electron chi connectivity index (χ3n) is 2.74. The fourth-order valence-corrected chi connectivity index (χ4v) is 1.26. The van der Waals surface area contributed by atoms with E-state index in [0.717, 1.165) is 25.5 Å². The highest BCUT2D eigenvalue weighted by Gasteiger charge is 2.07. The van der Waals surface area contributed by atoms with Crippen LogP contribution in [0.25, 0.3) is 0 Å². The number of hydrogen-bond acceptors (Lipinski definition) is 2. The molecular formula is C11H25NO. The van der Waals surface area contributed by atoms with E-state index in [-0.39, 0.29) is 0 Å². The second-order valence-electron chi connectivity index (χ2n) is 3.83. The van der Waals surface area contributed by atoms with Gasteiger partial charge in [0.25, 0.3) is 0 Å². The van der Waals surface area contributed by atoms with Crippen LogP contribution in [-0.2, 0) is 4.74 Å². The maximum atomic E-state index is 4.99. The van der Waals surface area contributed by atoms with Crippen LogP contribution in [0.1, 0.15) is 40.0 Å².